The van der Waals surface area contributed by atoms with Gasteiger partial charge in [-0.05, 0) is 148 Å². The molecule has 11 rings (SSSR count). The number of allylic oxidation sites excluding steroid dienone is 4. The third-order valence-electron chi connectivity index (χ3n) is 12.9. The van der Waals surface area contributed by atoms with Gasteiger partial charge in [-0.1, -0.05) is 130 Å². The average Bonchev–Trinajstić information content (AvgIpc) is 3.37. The zero-order valence-corrected chi connectivity index (χ0v) is 33.4. The molecule has 0 bridgehead atoms. The Balaban J connectivity index is 0.887. The van der Waals surface area contributed by atoms with E-state index in [1.807, 2.05) is 24.3 Å². The molecule has 2 aliphatic heterocycles. The summed E-state index contributed by atoms with van der Waals surface area (Å²) in [4.78, 5) is 4.90. The SMILES string of the molecule is CC1CC=CC2=C(C1)N(c1ccc3cc(C=Cc4ccc5c(c4)C(C)(C)c4cc(N6c7ccccc7Oc7ccccc76)ccc4-5)ccc3c1)c1ccccc1CC2. The van der Waals surface area contributed by atoms with Crippen molar-refractivity contribution in [2.45, 2.75) is 51.9 Å². The number of anilines is 5. The minimum absolute atomic E-state index is 0.160. The molecule has 7 aromatic carbocycles. The van der Waals surface area contributed by atoms with Gasteiger partial charge in [-0.25, -0.2) is 0 Å². The highest BCUT2D eigenvalue weighted by atomic mass is 16.5. The van der Waals surface area contributed by atoms with Gasteiger partial charge >= 0.3 is 0 Å². The van der Waals surface area contributed by atoms with Gasteiger partial charge in [0, 0.05) is 28.2 Å². The van der Waals surface area contributed by atoms with E-state index in [1.165, 1.54) is 72.4 Å². The summed E-state index contributed by atoms with van der Waals surface area (Å²) in [5.74, 6) is 2.35. The largest absolute Gasteiger partial charge is 0.453 e. The van der Waals surface area contributed by atoms with E-state index in [1.54, 1.807) is 0 Å². The number of aryl methyl sites for hydroxylation is 1. The van der Waals surface area contributed by atoms with Crippen molar-refractivity contribution in [2.24, 2.45) is 5.92 Å². The van der Waals surface area contributed by atoms with Gasteiger partial charge in [-0.2, -0.15) is 0 Å². The Hall–Kier alpha value is -6.58. The molecule has 1 unspecified atom stereocenters. The van der Waals surface area contributed by atoms with E-state index in [0.717, 1.165) is 54.2 Å². The fourth-order valence-electron chi connectivity index (χ4n) is 9.85. The van der Waals surface area contributed by atoms with E-state index < -0.39 is 0 Å². The van der Waals surface area contributed by atoms with E-state index in [0.29, 0.717) is 5.92 Å². The second kappa shape index (κ2) is 13.5. The number of hydrogen-bond acceptors (Lipinski definition) is 3. The summed E-state index contributed by atoms with van der Waals surface area (Å²) in [6.07, 6.45) is 13.7. The summed E-state index contributed by atoms with van der Waals surface area (Å²) in [6, 6.07) is 53.4. The molecule has 0 aromatic heterocycles. The molecule has 58 heavy (non-hydrogen) atoms. The van der Waals surface area contributed by atoms with Crippen molar-refractivity contribution >= 4 is 51.4 Å². The lowest BCUT2D eigenvalue weighted by atomic mass is 9.81. The van der Waals surface area contributed by atoms with Gasteiger partial charge in [-0.15, -0.1) is 0 Å². The van der Waals surface area contributed by atoms with Crippen LogP contribution in [0.25, 0.3) is 34.1 Å². The molecule has 0 spiro atoms. The number of para-hydroxylation sites is 5. The van der Waals surface area contributed by atoms with Crippen LogP contribution in [0.1, 0.15) is 67.9 Å². The van der Waals surface area contributed by atoms with Gasteiger partial charge in [0.2, 0.25) is 0 Å². The van der Waals surface area contributed by atoms with Crippen molar-refractivity contribution in [1.82, 2.24) is 0 Å². The molecule has 0 saturated carbocycles. The summed E-state index contributed by atoms with van der Waals surface area (Å²) in [7, 11) is 0. The van der Waals surface area contributed by atoms with Crippen molar-refractivity contribution in [3.8, 4) is 22.6 Å². The van der Waals surface area contributed by atoms with Gasteiger partial charge in [0.15, 0.2) is 11.5 Å². The van der Waals surface area contributed by atoms with Crippen molar-refractivity contribution in [3.63, 3.8) is 0 Å². The quantitative estimate of drug-likeness (QED) is 0.167. The number of fused-ring (bicyclic) bond motifs is 7. The molecule has 7 aromatic rings. The fourth-order valence-corrected chi connectivity index (χ4v) is 9.85. The van der Waals surface area contributed by atoms with Gasteiger partial charge in [-0.3, -0.25) is 0 Å². The van der Waals surface area contributed by atoms with Gasteiger partial charge in [0.25, 0.3) is 0 Å². The lowest BCUT2D eigenvalue weighted by molar-refractivity contribution is 0.477. The lowest BCUT2D eigenvalue weighted by Crippen LogP contribution is -2.19. The molecule has 0 radical (unpaired) electrons. The average molecular weight is 751 g/mol. The number of nitrogens with zero attached hydrogens (tertiary/aromatic N) is 2. The van der Waals surface area contributed by atoms with Crippen LogP contribution in [0, 0.1) is 5.92 Å². The maximum atomic E-state index is 6.31. The standard InChI is InChI=1S/C55H46N2O/c1-36-11-10-13-40-25-24-39-12-4-5-14-49(39)56(52(40)31-36)43-27-26-41-32-37(21-23-42(41)34-43)19-20-38-22-29-45-46-30-28-44(35-48(46)55(2,3)47(45)33-38)57-50-15-6-8-17-53(50)58-54-18-9-7-16-51(54)57/h4-10,12-23,26-30,32-36H,11,24-25,31H2,1-3H3. The Morgan fingerprint density at radius 2 is 1.19 bits per heavy atom. The second-order valence-corrected chi connectivity index (χ2v) is 17.0. The molecule has 2 aliphatic carbocycles. The lowest BCUT2D eigenvalue weighted by Gasteiger charge is -2.33. The van der Waals surface area contributed by atoms with Gasteiger partial charge in [0.05, 0.1) is 11.4 Å². The van der Waals surface area contributed by atoms with Crippen molar-refractivity contribution in [2.75, 3.05) is 9.80 Å². The Labute approximate surface area is 341 Å². The highest BCUT2D eigenvalue weighted by Gasteiger charge is 2.37. The van der Waals surface area contributed by atoms with E-state index in [9.17, 15) is 0 Å². The van der Waals surface area contributed by atoms with Crippen LogP contribution in [0.3, 0.4) is 0 Å². The number of benzene rings is 7. The van der Waals surface area contributed by atoms with Gasteiger partial charge in [0.1, 0.15) is 0 Å². The van der Waals surface area contributed by atoms with Crippen LogP contribution in [0.5, 0.6) is 11.5 Å². The Bertz CT molecular complexity index is 2850. The first-order valence-corrected chi connectivity index (χ1v) is 20.8. The first-order chi connectivity index (χ1) is 28.4. The number of rotatable bonds is 4. The molecule has 0 amide bonds. The molecule has 2 heterocycles. The summed E-state index contributed by atoms with van der Waals surface area (Å²) in [5, 5.41) is 2.51. The first-order valence-electron chi connectivity index (χ1n) is 20.8. The topological polar surface area (TPSA) is 15.7 Å². The van der Waals surface area contributed by atoms with E-state index >= 15 is 0 Å². The molecule has 0 fully saturated rings. The van der Waals surface area contributed by atoms with Gasteiger partial charge < -0.3 is 14.5 Å². The second-order valence-electron chi connectivity index (χ2n) is 17.0. The Morgan fingerprint density at radius 3 is 1.98 bits per heavy atom. The zero-order chi connectivity index (χ0) is 39.0. The highest BCUT2D eigenvalue weighted by molar-refractivity contribution is 5.92. The van der Waals surface area contributed by atoms with Crippen molar-refractivity contribution in [1.29, 1.82) is 0 Å². The maximum Gasteiger partial charge on any atom is 0.151 e. The molecule has 1 atom stereocenters. The minimum Gasteiger partial charge on any atom is -0.453 e. The molecular formula is C55H46N2O. The first kappa shape index (κ1) is 34.7. The number of ether oxygens (including phenoxy) is 1. The molecule has 0 N–H and O–H groups in total. The summed E-state index contributed by atoms with van der Waals surface area (Å²) >= 11 is 0. The number of hydrogen-bond donors (Lipinski definition) is 0. The zero-order valence-electron chi connectivity index (χ0n) is 33.4. The Morgan fingerprint density at radius 1 is 0.586 bits per heavy atom. The van der Waals surface area contributed by atoms with Crippen LogP contribution in [0.2, 0.25) is 0 Å². The Kier molecular flexibility index (Phi) is 8.08. The van der Waals surface area contributed by atoms with Crippen molar-refractivity contribution < 1.29 is 4.74 Å². The highest BCUT2D eigenvalue weighted by Crippen LogP contribution is 2.54. The van der Waals surface area contributed by atoms with E-state index in [-0.39, 0.29) is 5.41 Å². The normalized spacial score (nSPS) is 17.5. The van der Waals surface area contributed by atoms with Crippen LogP contribution in [0.15, 0.2) is 169 Å². The van der Waals surface area contributed by atoms with Crippen molar-refractivity contribution in [3.05, 3.63) is 197 Å². The predicted octanol–water partition coefficient (Wildman–Crippen LogP) is 15.2. The monoisotopic (exact) mass is 750 g/mol. The third-order valence-corrected chi connectivity index (χ3v) is 12.9. The van der Waals surface area contributed by atoms with E-state index in [2.05, 4.69) is 176 Å². The van der Waals surface area contributed by atoms with Crippen LogP contribution < -0.4 is 14.5 Å². The fraction of sp³-hybridized carbons (Fsp3) is 0.164. The smallest absolute Gasteiger partial charge is 0.151 e. The van der Waals surface area contributed by atoms with Crippen LogP contribution in [-0.4, -0.2) is 0 Å². The summed E-state index contributed by atoms with van der Waals surface area (Å²) in [5.41, 5.74) is 17.8. The van der Waals surface area contributed by atoms with E-state index in [4.69, 9.17) is 4.74 Å². The molecular weight excluding hydrogens is 705 g/mol. The predicted molar refractivity (Wildman–Crippen MR) is 243 cm³/mol. The molecule has 282 valence electrons. The molecule has 0 saturated heterocycles. The third kappa shape index (κ3) is 5.71. The van der Waals surface area contributed by atoms with Crippen LogP contribution in [-0.2, 0) is 11.8 Å². The minimum atomic E-state index is -0.160. The molecule has 3 nitrogen and oxygen atoms in total. The maximum absolute atomic E-state index is 6.31. The molecule has 3 heteroatoms. The van der Waals surface area contributed by atoms with Crippen LogP contribution >= 0.6 is 0 Å². The summed E-state index contributed by atoms with van der Waals surface area (Å²) in [6.45, 7) is 7.11. The summed E-state index contributed by atoms with van der Waals surface area (Å²) < 4.78 is 6.31. The van der Waals surface area contributed by atoms with Crippen LogP contribution in [0.4, 0.5) is 28.4 Å². The molecule has 4 aliphatic rings.